The van der Waals surface area contributed by atoms with E-state index in [-0.39, 0.29) is 11.3 Å². The monoisotopic (exact) mass is 409 g/mol. The summed E-state index contributed by atoms with van der Waals surface area (Å²) in [6, 6.07) is 17.2. The Morgan fingerprint density at radius 3 is 2.41 bits per heavy atom. The molecule has 1 amide bonds. The molecule has 0 radical (unpaired) electrons. The minimum absolute atomic E-state index is 0.160. The molecule has 0 fully saturated rings. The highest BCUT2D eigenvalue weighted by molar-refractivity contribution is 6.32. The van der Waals surface area contributed by atoms with Crippen molar-refractivity contribution in [1.29, 1.82) is 0 Å². The number of carbonyl (C=O) groups excluding carboxylic acids is 1. The number of benzene rings is 2. The fourth-order valence-electron chi connectivity index (χ4n) is 3.04. The van der Waals surface area contributed by atoms with Crippen LogP contribution >= 0.6 is 11.6 Å². The summed E-state index contributed by atoms with van der Waals surface area (Å²) in [6.07, 6.45) is 3.34. The van der Waals surface area contributed by atoms with E-state index in [9.17, 15) is 4.79 Å². The zero-order valence-electron chi connectivity index (χ0n) is 17.5. The van der Waals surface area contributed by atoms with Crippen LogP contribution < -0.4 is 5.32 Å². The summed E-state index contributed by atoms with van der Waals surface area (Å²) >= 11 is 6.39. The number of anilines is 1. The summed E-state index contributed by atoms with van der Waals surface area (Å²) in [5.74, 6) is 0.434. The SMILES string of the molecule is CCCCc1ccc(C(=O)Nc2cc(C(C)(C)C)nn2-c2ccccc2Cl)cc1. The first kappa shape index (κ1) is 21.1. The first-order valence-electron chi connectivity index (χ1n) is 10.1. The summed E-state index contributed by atoms with van der Waals surface area (Å²) < 4.78 is 1.70. The van der Waals surface area contributed by atoms with Gasteiger partial charge in [0, 0.05) is 17.0 Å². The number of hydrogen-bond acceptors (Lipinski definition) is 2. The Kier molecular flexibility index (Phi) is 6.43. The lowest BCUT2D eigenvalue weighted by Crippen LogP contribution is -2.15. The van der Waals surface area contributed by atoms with Crippen LogP contribution in [0.1, 0.15) is 62.2 Å². The van der Waals surface area contributed by atoms with Crippen LogP contribution in [0.25, 0.3) is 5.69 Å². The van der Waals surface area contributed by atoms with Crippen LogP contribution in [0.3, 0.4) is 0 Å². The molecule has 0 saturated carbocycles. The number of carbonyl (C=O) groups is 1. The van der Waals surface area contributed by atoms with E-state index in [1.807, 2.05) is 54.6 Å². The first-order chi connectivity index (χ1) is 13.8. The number of aromatic nitrogens is 2. The molecule has 1 N–H and O–H groups in total. The van der Waals surface area contributed by atoms with E-state index in [0.29, 0.717) is 16.4 Å². The van der Waals surface area contributed by atoms with Gasteiger partial charge in [0.05, 0.1) is 16.4 Å². The van der Waals surface area contributed by atoms with Gasteiger partial charge in [0.25, 0.3) is 5.91 Å². The molecule has 0 aliphatic rings. The quantitative estimate of drug-likeness (QED) is 0.510. The molecule has 0 saturated heterocycles. The van der Waals surface area contributed by atoms with Crippen molar-refractivity contribution in [1.82, 2.24) is 9.78 Å². The van der Waals surface area contributed by atoms with Crippen molar-refractivity contribution in [2.24, 2.45) is 0 Å². The van der Waals surface area contributed by atoms with Gasteiger partial charge in [-0.1, -0.05) is 70.0 Å². The predicted molar refractivity (Wildman–Crippen MR) is 120 cm³/mol. The van der Waals surface area contributed by atoms with Crippen molar-refractivity contribution < 1.29 is 4.79 Å². The average Bonchev–Trinajstić information content (AvgIpc) is 3.11. The van der Waals surface area contributed by atoms with E-state index in [2.05, 4.69) is 33.0 Å². The topological polar surface area (TPSA) is 46.9 Å². The summed E-state index contributed by atoms with van der Waals surface area (Å²) in [4.78, 5) is 12.9. The number of unbranched alkanes of at least 4 members (excludes halogenated alkanes) is 1. The molecule has 0 bridgehead atoms. The third-order valence-electron chi connectivity index (χ3n) is 4.84. The molecule has 3 rings (SSSR count). The number of rotatable bonds is 6. The fourth-order valence-corrected chi connectivity index (χ4v) is 3.25. The van der Waals surface area contributed by atoms with Crippen LogP contribution in [0, 0.1) is 0 Å². The minimum Gasteiger partial charge on any atom is -0.306 e. The van der Waals surface area contributed by atoms with Crippen LogP contribution in [0.5, 0.6) is 0 Å². The molecular formula is C24H28ClN3O. The van der Waals surface area contributed by atoms with Gasteiger partial charge in [-0.05, 0) is 42.7 Å². The van der Waals surface area contributed by atoms with E-state index in [1.165, 1.54) is 5.56 Å². The van der Waals surface area contributed by atoms with E-state index < -0.39 is 0 Å². The number of para-hydroxylation sites is 1. The molecule has 4 nitrogen and oxygen atoms in total. The van der Waals surface area contributed by atoms with Crippen molar-refractivity contribution in [2.45, 2.75) is 52.4 Å². The molecule has 3 aromatic rings. The van der Waals surface area contributed by atoms with Gasteiger partial charge >= 0.3 is 0 Å². The summed E-state index contributed by atoms with van der Waals surface area (Å²) in [5.41, 5.74) is 3.32. The van der Waals surface area contributed by atoms with Gasteiger partial charge in [0.15, 0.2) is 0 Å². The van der Waals surface area contributed by atoms with Gasteiger partial charge < -0.3 is 5.32 Å². The Morgan fingerprint density at radius 1 is 1.10 bits per heavy atom. The van der Waals surface area contributed by atoms with Crippen LogP contribution in [0.2, 0.25) is 5.02 Å². The standard InChI is InChI=1S/C24H28ClN3O/c1-5-6-9-17-12-14-18(15-13-17)23(29)26-22-16-21(24(2,3)4)27-28(22)20-11-8-7-10-19(20)25/h7-8,10-16H,5-6,9H2,1-4H3,(H,26,29). The number of halogens is 1. The second-order valence-corrected chi connectivity index (χ2v) is 8.69. The third-order valence-corrected chi connectivity index (χ3v) is 5.15. The lowest BCUT2D eigenvalue weighted by molar-refractivity contribution is 0.102. The van der Waals surface area contributed by atoms with Crippen LogP contribution in [0.15, 0.2) is 54.6 Å². The van der Waals surface area contributed by atoms with Crippen LogP contribution in [0.4, 0.5) is 5.82 Å². The highest BCUT2D eigenvalue weighted by Crippen LogP contribution is 2.29. The Morgan fingerprint density at radius 2 is 1.79 bits per heavy atom. The van der Waals surface area contributed by atoms with Crippen LogP contribution in [-0.4, -0.2) is 15.7 Å². The molecule has 0 aliphatic heterocycles. The van der Waals surface area contributed by atoms with Gasteiger partial charge in [0.2, 0.25) is 0 Å². The molecule has 0 spiro atoms. The summed E-state index contributed by atoms with van der Waals surface area (Å²) in [5, 5.41) is 8.31. The molecule has 0 aliphatic carbocycles. The number of nitrogens with zero attached hydrogens (tertiary/aromatic N) is 2. The van der Waals surface area contributed by atoms with Crippen molar-refractivity contribution in [2.75, 3.05) is 5.32 Å². The lowest BCUT2D eigenvalue weighted by Gasteiger charge is -2.14. The maximum absolute atomic E-state index is 12.9. The van der Waals surface area contributed by atoms with E-state index in [4.69, 9.17) is 16.7 Å². The zero-order valence-corrected chi connectivity index (χ0v) is 18.3. The maximum Gasteiger partial charge on any atom is 0.256 e. The van der Waals surface area contributed by atoms with Gasteiger partial charge in [-0.2, -0.15) is 5.10 Å². The van der Waals surface area contributed by atoms with E-state index in [1.54, 1.807) is 4.68 Å². The molecule has 0 unspecified atom stereocenters. The number of aryl methyl sites for hydroxylation is 1. The predicted octanol–water partition coefficient (Wildman–Crippen LogP) is 6.42. The van der Waals surface area contributed by atoms with Crippen molar-refractivity contribution >= 4 is 23.3 Å². The van der Waals surface area contributed by atoms with Crippen molar-refractivity contribution in [3.05, 3.63) is 76.4 Å². The number of nitrogens with one attached hydrogen (secondary N) is 1. The fraction of sp³-hybridized carbons (Fsp3) is 0.333. The molecule has 1 heterocycles. The Balaban J connectivity index is 1.90. The molecule has 0 atom stereocenters. The maximum atomic E-state index is 12.9. The largest absolute Gasteiger partial charge is 0.306 e. The van der Waals surface area contributed by atoms with Crippen LogP contribution in [-0.2, 0) is 11.8 Å². The van der Waals surface area contributed by atoms with Gasteiger partial charge in [-0.25, -0.2) is 4.68 Å². The summed E-state index contributed by atoms with van der Waals surface area (Å²) in [6.45, 7) is 8.45. The van der Waals surface area contributed by atoms with Gasteiger partial charge in [-0.15, -0.1) is 0 Å². The first-order valence-corrected chi connectivity index (χ1v) is 10.4. The van der Waals surface area contributed by atoms with Crippen molar-refractivity contribution in [3.63, 3.8) is 0 Å². The second kappa shape index (κ2) is 8.83. The highest BCUT2D eigenvalue weighted by atomic mass is 35.5. The smallest absolute Gasteiger partial charge is 0.256 e. The molecular weight excluding hydrogens is 382 g/mol. The van der Waals surface area contributed by atoms with E-state index >= 15 is 0 Å². The lowest BCUT2D eigenvalue weighted by atomic mass is 9.92. The Labute approximate surface area is 177 Å². The van der Waals surface area contributed by atoms with Gasteiger partial charge in [0.1, 0.15) is 5.82 Å². The third kappa shape index (κ3) is 5.07. The molecule has 152 valence electrons. The molecule has 5 heteroatoms. The number of hydrogen-bond donors (Lipinski definition) is 1. The normalized spacial score (nSPS) is 11.5. The average molecular weight is 410 g/mol. The highest BCUT2D eigenvalue weighted by Gasteiger charge is 2.22. The minimum atomic E-state index is -0.166. The Bertz CT molecular complexity index is 984. The zero-order chi connectivity index (χ0) is 21.0. The second-order valence-electron chi connectivity index (χ2n) is 8.28. The Hall–Kier alpha value is -2.59. The summed E-state index contributed by atoms with van der Waals surface area (Å²) in [7, 11) is 0. The molecule has 29 heavy (non-hydrogen) atoms. The molecule has 2 aromatic carbocycles. The van der Waals surface area contributed by atoms with Crippen molar-refractivity contribution in [3.8, 4) is 5.69 Å². The number of amides is 1. The molecule has 1 aromatic heterocycles. The van der Waals surface area contributed by atoms with E-state index in [0.717, 1.165) is 30.6 Å². The van der Waals surface area contributed by atoms with Gasteiger partial charge in [-0.3, -0.25) is 4.79 Å².